The van der Waals surface area contributed by atoms with Crippen molar-refractivity contribution in [3.63, 3.8) is 0 Å². The van der Waals surface area contributed by atoms with Gasteiger partial charge in [-0.25, -0.2) is 15.0 Å². The Balaban J connectivity index is 1.51. The van der Waals surface area contributed by atoms with E-state index in [1.54, 1.807) is 13.4 Å². The van der Waals surface area contributed by atoms with Gasteiger partial charge in [0.25, 0.3) is 5.91 Å². The SMILES string of the molecule is CNc1nc2[nH]c(-c3cccc(CN(C)C(=O)C4(O)CC4)n3)cc2c2c1ncn2C. The number of imidazole rings is 1. The van der Waals surface area contributed by atoms with Crippen molar-refractivity contribution in [3.05, 3.63) is 36.3 Å². The van der Waals surface area contributed by atoms with E-state index < -0.39 is 5.60 Å². The van der Waals surface area contributed by atoms with Crippen LogP contribution in [0.5, 0.6) is 0 Å². The summed E-state index contributed by atoms with van der Waals surface area (Å²) in [5.74, 6) is 0.467. The molecule has 1 aliphatic rings. The highest BCUT2D eigenvalue weighted by atomic mass is 16.3. The number of carbonyl (C=O) groups is 1. The Kier molecular flexibility index (Phi) is 4.04. The Hall–Kier alpha value is -3.46. The average molecular weight is 405 g/mol. The summed E-state index contributed by atoms with van der Waals surface area (Å²) < 4.78 is 1.98. The first kappa shape index (κ1) is 18.6. The van der Waals surface area contributed by atoms with E-state index in [2.05, 4.69) is 20.3 Å². The van der Waals surface area contributed by atoms with Crippen LogP contribution in [0.2, 0.25) is 0 Å². The number of nitrogens with one attached hydrogen (secondary N) is 2. The predicted molar refractivity (Wildman–Crippen MR) is 114 cm³/mol. The first-order valence-corrected chi connectivity index (χ1v) is 9.85. The van der Waals surface area contributed by atoms with Crippen LogP contribution < -0.4 is 5.32 Å². The lowest BCUT2D eigenvalue weighted by Crippen LogP contribution is -2.37. The van der Waals surface area contributed by atoms with Crippen LogP contribution in [0, 0.1) is 0 Å². The number of rotatable bonds is 5. The van der Waals surface area contributed by atoms with E-state index >= 15 is 0 Å². The van der Waals surface area contributed by atoms with E-state index in [9.17, 15) is 9.90 Å². The topological polar surface area (TPSA) is 112 Å². The van der Waals surface area contributed by atoms with Crippen LogP contribution in [-0.4, -0.2) is 60.1 Å². The van der Waals surface area contributed by atoms with Crippen LogP contribution in [0.1, 0.15) is 18.5 Å². The Morgan fingerprint density at radius 1 is 1.37 bits per heavy atom. The molecule has 0 aromatic carbocycles. The molecule has 1 saturated carbocycles. The molecule has 1 aliphatic carbocycles. The summed E-state index contributed by atoms with van der Waals surface area (Å²) in [5.41, 5.74) is 3.74. The van der Waals surface area contributed by atoms with Crippen molar-refractivity contribution in [1.29, 1.82) is 0 Å². The summed E-state index contributed by atoms with van der Waals surface area (Å²) in [4.78, 5) is 31.0. The summed E-state index contributed by atoms with van der Waals surface area (Å²) in [5, 5.41) is 14.1. The maximum atomic E-state index is 12.3. The number of amides is 1. The zero-order valence-corrected chi connectivity index (χ0v) is 17.1. The van der Waals surface area contributed by atoms with E-state index in [-0.39, 0.29) is 5.91 Å². The molecule has 0 unspecified atom stereocenters. The Morgan fingerprint density at radius 2 is 2.17 bits per heavy atom. The largest absolute Gasteiger partial charge is 0.380 e. The van der Waals surface area contributed by atoms with Gasteiger partial charge in [-0.2, -0.15) is 0 Å². The molecule has 30 heavy (non-hydrogen) atoms. The van der Waals surface area contributed by atoms with Crippen molar-refractivity contribution in [1.82, 2.24) is 29.4 Å². The fourth-order valence-corrected chi connectivity index (χ4v) is 3.83. The smallest absolute Gasteiger partial charge is 0.254 e. The van der Waals surface area contributed by atoms with Crippen LogP contribution >= 0.6 is 0 Å². The van der Waals surface area contributed by atoms with Crippen LogP contribution in [0.4, 0.5) is 5.82 Å². The maximum Gasteiger partial charge on any atom is 0.254 e. The van der Waals surface area contributed by atoms with Gasteiger partial charge in [0, 0.05) is 26.5 Å². The van der Waals surface area contributed by atoms with Gasteiger partial charge in [-0.3, -0.25) is 4.79 Å². The summed E-state index contributed by atoms with van der Waals surface area (Å²) in [7, 11) is 5.48. The minimum atomic E-state index is -1.17. The van der Waals surface area contributed by atoms with Crippen molar-refractivity contribution >= 4 is 33.8 Å². The highest BCUT2D eigenvalue weighted by Gasteiger charge is 2.49. The van der Waals surface area contributed by atoms with E-state index in [1.807, 2.05) is 42.9 Å². The predicted octanol–water partition coefficient (Wildman–Crippen LogP) is 2.04. The number of hydrogen-bond donors (Lipinski definition) is 3. The quantitative estimate of drug-likeness (QED) is 0.468. The van der Waals surface area contributed by atoms with Gasteiger partial charge in [0.15, 0.2) is 5.82 Å². The van der Waals surface area contributed by atoms with Gasteiger partial charge in [-0.15, -0.1) is 0 Å². The van der Waals surface area contributed by atoms with Gasteiger partial charge in [-0.1, -0.05) is 6.07 Å². The number of H-pyrrole nitrogens is 1. The molecule has 154 valence electrons. The summed E-state index contributed by atoms with van der Waals surface area (Å²) in [6.07, 6.45) is 2.84. The molecule has 4 heterocycles. The maximum absolute atomic E-state index is 12.3. The number of hydrogen-bond acceptors (Lipinski definition) is 6. The minimum absolute atomic E-state index is 0.247. The monoisotopic (exact) mass is 405 g/mol. The average Bonchev–Trinajstić information content (AvgIpc) is 3.17. The molecule has 1 amide bonds. The van der Waals surface area contributed by atoms with Gasteiger partial charge in [0.2, 0.25) is 0 Å². The van der Waals surface area contributed by atoms with Gasteiger partial charge >= 0.3 is 0 Å². The third-order valence-electron chi connectivity index (χ3n) is 5.62. The third-order valence-corrected chi connectivity index (χ3v) is 5.62. The number of aliphatic hydroxyl groups is 1. The number of pyridine rings is 2. The molecular formula is C21H23N7O2. The van der Waals surface area contributed by atoms with Crippen molar-refractivity contribution in [2.45, 2.75) is 25.0 Å². The first-order valence-electron chi connectivity index (χ1n) is 9.85. The van der Waals surface area contributed by atoms with E-state index in [1.165, 1.54) is 4.90 Å². The molecule has 0 saturated heterocycles. The number of anilines is 1. The van der Waals surface area contributed by atoms with Crippen molar-refractivity contribution < 1.29 is 9.90 Å². The molecule has 0 aliphatic heterocycles. The Labute approximate surface area is 172 Å². The van der Waals surface area contributed by atoms with Gasteiger partial charge in [-0.05, 0) is 31.0 Å². The number of nitrogens with zero attached hydrogens (tertiary/aromatic N) is 5. The molecule has 0 atom stereocenters. The normalized spacial score (nSPS) is 14.9. The molecule has 0 radical (unpaired) electrons. The summed E-state index contributed by atoms with van der Waals surface area (Å²) in [6.45, 7) is 0.337. The Morgan fingerprint density at radius 3 is 2.90 bits per heavy atom. The zero-order chi connectivity index (χ0) is 21.0. The minimum Gasteiger partial charge on any atom is -0.380 e. The van der Waals surface area contributed by atoms with Crippen LogP contribution in [-0.2, 0) is 18.4 Å². The zero-order valence-electron chi connectivity index (χ0n) is 17.1. The highest BCUT2D eigenvalue weighted by Crippen LogP contribution is 2.37. The second-order valence-electron chi connectivity index (χ2n) is 7.92. The number of aryl methyl sites for hydroxylation is 1. The number of carbonyl (C=O) groups excluding carboxylic acids is 1. The van der Waals surface area contributed by atoms with Crippen LogP contribution in [0.15, 0.2) is 30.6 Å². The van der Waals surface area contributed by atoms with Crippen LogP contribution in [0.3, 0.4) is 0 Å². The summed E-state index contributed by atoms with van der Waals surface area (Å²) >= 11 is 0. The summed E-state index contributed by atoms with van der Waals surface area (Å²) in [6, 6.07) is 7.74. The van der Waals surface area contributed by atoms with Crippen molar-refractivity contribution in [2.24, 2.45) is 7.05 Å². The number of likely N-dealkylation sites (N-methyl/N-ethyl adjacent to an activating group) is 1. The van der Waals surface area contributed by atoms with Crippen molar-refractivity contribution in [2.75, 3.05) is 19.4 Å². The second-order valence-corrected chi connectivity index (χ2v) is 7.92. The molecule has 5 rings (SSSR count). The lowest BCUT2D eigenvalue weighted by molar-refractivity contribution is -0.141. The van der Waals surface area contributed by atoms with Crippen LogP contribution in [0.25, 0.3) is 33.5 Å². The second kappa shape index (κ2) is 6.53. The van der Waals surface area contributed by atoms with E-state index in [0.29, 0.717) is 25.2 Å². The Bertz CT molecular complexity index is 1290. The molecule has 4 aromatic rings. The highest BCUT2D eigenvalue weighted by molar-refractivity contribution is 6.07. The molecule has 1 fully saturated rings. The van der Waals surface area contributed by atoms with E-state index in [0.717, 1.165) is 39.1 Å². The van der Waals surface area contributed by atoms with E-state index in [4.69, 9.17) is 4.98 Å². The fraction of sp³-hybridized carbons (Fsp3) is 0.333. The standard InChI is InChI=1S/C21H23N7O2/c1-22-19-16-17(28(3)11-23-16)13-9-15(25-18(13)26-19)14-6-4-5-12(24-14)10-27(2)20(29)21(30)7-8-21/h4-6,9,11,30H,7-8,10H2,1-3H3,(H2,22,25,26). The van der Waals surface area contributed by atoms with Crippen molar-refractivity contribution in [3.8, 4) is 11.4 Å². The number of aromatic amines is 1. The number of fused-ring (bicyclic) bond motifs is 3. The van der Waals surface area contributed by atoms with Gasteiger partial charge in [0.05, 0.1) is 35.5 Å². The first-order chi connectivity index (χ1) is 14.4. The number of aromatic nitrogens is 5. The molecular weight excluding hydrogens is 382 g/mol. The third kappa shape index (κ3) is 2.89. The molecule has 9 nitrogen and oxygen atoms in total. The lowest BCUT2D eigenvalue weighted by Gasteiger charge is -2.20. The molecule has 9 heteroatoms. The molecule has 0 bridgehead atoms. The van der Waals surface area contributed by atoms with Gasteiger partial charge < -0.3 is 24.9 Å². The lowest BCUT2D eigenvalue weighted by atomic mass is 10.2. The fourth-order valence-electron chi connectivity index (χ4n) is 3.83. The molecule has 0 spiro atoms. The molecule has 3 N–H and O–H groups in total. The molecule has 4 aromatic heterocycles. The van der Waals surface area contributed by atoms with Gasteiger partial charge in [0.1, 0.15) is 16.8 Å².